The van der Waals surface area contributed by atoms with Crippen molar-refractivity contribution in [3.63, 3.8) is 0 Å². The number of hydrogen-bond donors (Lipinski definition) is 1. The summed E-state index contributed by atoms with van der Waals surface area (Å²) in [6.45, 7) is 1.80. The van der Waals surface area contributed by atoms with E-state index in [0.717, 1.165) is 0 Å². The first-order valence-electron chi connectivity index (χ1n) is 3.50. The highest BCUT2D eigenvalue weighted by molar-refractivity contribution is 5.82. The minimum Gasteiger partial charge on any atom is -0.469 e. The van der Waals surface area contributed by atoms with Crippen LogP contribution < -0.4 is 5.32 Å². The third-order valence-corrected chi connectivity index (χ3v) is 1.61. The van der Waals surface area contributed by atoms with Gasteiger partial charge in [0.15, 0.2) is 0 Å². The van der Waals surface area contributed by atoms with Crippen LogP contribution >= 0.6 is 0 Å². The summed E-state index contributed by atoms with van der Waals surface area (Å²) < 4.78 is 5.06. The Morgan fingerprint density at radius 1 is 1.73 bits per heavy atom. The van der Waals surface area contributed by atoms with Crippen LogP contribution in [0.25, 0.3) is 0 Å². The molecule has 1 atom stereocenters. The van der Waals surface area contributed by atoms with Gasteiger partial charge in [-0.15, -0.1) is 0 Å². The number of furan rings is 1. The van der Waals surface area contributed by atoms with Crippen molar-refractivity contribution in [1.29, 1.82) is 0 Å². The first-order valence-corrected chi connectivity index (χ1v) is 3.50. The van der Waals surface area contributed by atoms with Gasteiger partial charge in [0.1, 0.15) is 5.76 Å². The van der Waals surface area contributed by atoms with E-state index in [1.54, 1.807) is 32.4 Å². The molecule has 1 amide bonds. The Morgan fingerprint density at radius 3 is 2.91 bits per heavy atom. The zero-order valence-electron chi connectivity index (χ0n) is 6.63. The number of amides is 1. The van der Waals surface area contributed by atoms with Gasteiger partial charge in [-0.2, -0.15) is 0 Å². The predicted octanol–water partition coefficient (Wildman–Crippen LogP) is 1.13. The van der Waals surface area contributed by atoms with Gasteiger partial charge in [0.05, 0.1) is 12.2 Å². The van der Waals surface area contributed by atoms with Crippen molar-refractivity contribution in [3.05, 3.63) is 24.2 Å². The molecule has 0 aliphatic carbocycles. The summed E-state index contributed by atoms with van der Waals surface area (Å²) in [4.78, 5) is 11.0. The van der Waals surface area contributed by atoms with E-state index in [1.165, 1.54) is 0 Å². The fourth-order valence-electron chi connectivity index (χ4n) is 0.883. The standard InChI is InChI=1S/C8H11NO2/c1-6(8(10)9-2)7-4-3-5-11-7/h3-6H,1-2H3,(H,9,10). The third-order valence-electron chi connectivity index (χ3n) is 1.61. The lowest BCUT2D eigenvalue weighted by Gasteiger charge is -2.04. The topological polar surface area (TPSA) is 42.2 Å². The maximum atomic E-state index is 11.0. The van der Waals surface area contributed by atoms with Gasteiger partial charge in [0.2, 0.25) is 5.91 Å². The van der Waals surface area contributed by atoms with Crippen LogP contribution in [0.1, 0.15) is 18.6 Å². The van der Waals surface area contributed by atoms with Crippen LogP contribution in [0.15, 0.2) is 22.8 Å². The molecule has 0 spiro atoms. The number of likely N-dealkylation sites (N-methyl/N-ethyl adjacent to an activating group) is 1. The van der Waals surface area contributed by atoms with Gasteiger partial charge in [-0.25, -0.2) is 0 Å². The number of nitrogens with one attached hydrogen (secondary N) is 1. The van der Waals surface area contributed by atoms with Gasteiger partial charge in [-0.1, -0.05) is 0 Å². The summed E-state index contributed by atoms with van der Waals surface area (Å²) in [6, 6.07) is 3.56. The minimum absolute atomic E-state index is 0.0278. The van der Waals surface area contributed by atoms with E-state index < -0.39 is 0 Å². The van der Waals surface area contributed by atoms with Crippen molar-refractivity contribution in [1.82, 2.24) is 5.32 Å². The van der Waals surface area contributed by atoms with Crippen molar-refractivity contribution in [2.75, 3.05) is 7.05 Å². The van der Waals surface area contributed by atoms with Crippen LogP contribution in [0.3, 0.4) is 0 Å². The minimum atomic E-state index is -0.199. The lowest BCUT2D eigenvalue weighted by molar-refractivity contribution is -0.122. The van der Waals surface area contributed by atoms with E-state index in [-0.39, 0.29) is 11.8 Å². The van der Waals surface area contributed by atoms with Gasteiger partial charge in [0.25, 0.3) is 0 Å². The molecule has 0 aliphatic rings. The zero-order chi connectivity index (χ0) is 8.27. The molecule has 11 heavy (non-hydrogen) atoms. The largest absolute Gasteiger partial charge is 0.469 e. The number of carbonyl (C=O) groups excluding carboxylic acids is 1. The van der Waals surface area contributed by atoms with E-state index in [2.05, 4.69) is 5.32 Å². The molecule has 3 nitrogen and oxygen atoms in total. The molecular formula is C8H11NO2. The van der Waals surface area contributed by atoms with Gasteiger partial charge in [-0.05, 0) is 19.1 Å². The SMILES string of the molecule is CNC(=O)C(C)c1ccco1. The van der Waals surface area contributed by atoms with Gasteiger partial charge in [-0.3, -0.25) is 4.79 Å². The maximum Gasteiger partial charge on any atom is 0.230 e. The fraction of sp³-hybridized carbons (Fsp3) is 0.375. The van der Waals surface area contributed by atoms with Gasteiger partial charge < -0.3 is 9.73 Å². The molecule has 1 aromatic heterocycles. The van der Waals surface area contributed by atoms with E-state index >= 15 is 0 Å². The van der Waals surface area contributed by atoms with Crippen LogP contribution in [0.4, 0.5) is 0 Å². The normalized spacial score (nSPS) is 12.5. The van der Waals surface area contributed by atoms with Gasteiger partial charge >= 0.3 is 0 Å². The first-order chi connectivity index (χ1) is 5.25. The highest BCUT2D eigenvalue weighted by Gasteiger charge is 2.15. The summed E-state index contributed by atoms with van der Waals surface area (Å²) in [6.07, 6.45) is 1.56. The molecule has 1 heterocycles. The highest BCUT2D eigenvalue weighted by atomic mass is 16.3. The summed E-state index contributed by atoms with van der Waals surface area (Å²) in [5.74, 6) is 0.472. The van der Waals surface area contributed by atoms with Crippen LogP contribution in [-0.2, 0) is 4.79 Å². The van der Waals surface area contributed by atoms with Crippen LogP contribution in [0.5, 0.6) is 0 Å². The summed E-state index contributed by atoms with van der Waals surface area (Å²) in [5.41, 5.74) is 0. The number of rotatable bonds is 2. The summed E-state index contributed by atoms with van der Waals surface area (Å²) in [7, 11) is 1.61. The average Bonchev–Trinajstić information content (AvgIpc) is 2.53. The molecule has 0 fully saturated rings. The fourth-order valence-corrected chi connectivity index (χ4v) is 0.883. The number of carbonyl (C=O) groups is 1. The first kappa shape index (κ1) is 7.85. The maximum absolute atomic E-state index is 11.0. The van der Waals surface area contributed by atoms with E-state index in [1.807, 2.05) is 0 Å². The molecule has 0 saturated heterocycles. The lowest BCUT2D eigenvalue weighted by atomic mass is 10.1. The van der Waals surface area contributed by atoms with Crippen molar-refractivity contribution < 1.29 is 9.21 Å². The lowest BCUT2D eigenvalue weighted by Crippen LogP contribution is -2.23. The molecule has 60 valence electrons. The molecule has 0 bridgehead atoms. The van der Waals surface area contributed by atoms with Crippen LogP contribution in [0, 0.1) is 0 Å². The summed E-state index contributed by atoms with van der Waals surface area (Å²) >= 11 is 0. The van der Waals surface area contributed by atoms with Crippen molar-refractivity contribution >= 4 is 5.91 Å². The highest BCUT2D eigenvalue weighted by Crippen LogP contribution is 2.14. The van der Waals surface area contributed by atoms with Crippen LogP contribution in [0.2, 0.25) is 0 Å². The van der Waals surface area contributed by atoms with E-state index in [9.17, 15) is 4.79 Å². The van der Waals surface area contributed by atoms with Crippen molar-refractivity contribution in [2.45, 2.75) is 12.8 Å². The Labute approximate surface area is 65.4 Å². The molecule has 1 rings (SSSR count). The second-order valence-electron chi connectivity index (χ2n) is 2.35. The monoisotopic (exact) mass is 153 g/mol. The molecule has 0 aliphatic heterocycles. The van der Waals surface area contributed by atoms with Crippen LogP contribution in [-0.4, -0.2) is 13.0 Å². The third kappa shape index (κ3) is 1.61. The Kier molecular flexibility index (Phi) is 2.31. The smallest absolute Gasteiger partial charge is 0.230 e. The van der Waals surface area contributed by atoms with Crippen molar-refractivity contribution in [3.8, 4) is 0 Å². The Bertz CT molecular complexity index is 228. The molecule has 0 saturated carbocycles. The molecule has 3 heteroatoms. The van der Waals surface area contributed by atoms with Gasteiger partial charge in [0, 0.05) is 7.05 Å². The Morgan fingerprint density at radius 2 is 2.45 bits per heavy atom. The quantitative estimate of drug-likeness (QED) is 0.692. The summed E-state index contributed by atoms with van der Waals surface area (Å²) in [5, 5.41) is 2.55. The van der Waals surface area contributed by atoms with Crippen molar-refractivity contribution in [2.24, 2.45) is 0 Å². The molecule has 1 aromatic rings. The average molecular weight is 153 g/mol. The second-order valence-corrected chi connectivity index (χ2v) is 2.35. The Hall–Kier alpha value is -1.25. The molecule has 1 unspecified atom stereocenters. The second kappa shape index (κ2) is 3.23. The molecule has 0 radical (unpaired) electrons. The molecule has 0 aromatic carbocycles. The zero-order valence-corrected chi connectivity index (χ0v) is 6.63. The predicted molar refractivity (Wildman–Crippen MR) is 41.2 cm³/mol. The number of hydrogen-bond acceptors (Lipinski definition) is 2. The Balaban J connectivity index is 2.70. The van der Waals surface area contributed by atoms with E-state index in [0.29, 0.717) is 5.76 Å². The van der Waals surface area contributed by atoms with E-state index in [4.69, 9.17) is 4.42 Å². The molecular weight excluding hydrogens is 142 g/mol. The molecule has 1 N–H and O–H groups in total.